The Kier molecular flexibility index (Phi) is 11.0. The second-order valence-corrected chi connectivity index (χ2v) is 6.36. The zero-order chi connectivity index (χ0) is 17.8. The van der Waals surface area contributed by atoms with E-state index in [2.05, 4.69) is 19.2 Å². The summed E-state index contributed by atoms with van der Waals surface area (Å²) in [5.74, 6) is -1.99. The summed E-state index contributed by atoms with van der Waals surface area (Å²) in [6.45, 7) is 4.37. The van der Waals surface area contributed by atoms with Gasteiger partial charge in [-0.15, -0.1) is 0 Å². The highest BCUT2D eigenvalue weighted by Gasteiger charge is 2.22. The Morgan fingerprint density at radius 2 is 1.57 bits per heavy atom. The highest BCUT2D eigenvalue weighted by atomic mass is 16.4. The normalized spacial score (nSPS) is 13.6. The van der Waals surface area contributed by atoms with Crippen molar-refractivity contribution in [3.8, 4) is 0 Å². The molecule has 134 valence electrons. The number of hydrogen-bond donors (Lipinski definition) is 4. The molecule has 7 heteroatoms. The lowest BCUT2D eigenvalue weighted by Gasteiger charge is -2.15. The Hall–Kier alpha value is -1.63. The van der Waals surface area contributed by atoms with Gasteiger partial charge in [0, 0.05) is 0 Å². The predicted octanol–water partition coefficient (Wildman–Crippen LogP) is 1.18. The molecule has 0 aromatic carbocycles. The number of nitrogens with one attached hydrogen (secondary N) is 1. The molecule has 7 nitrogen and oxygen atoms in total. The van der Waals surface area contributed by atoms with Crippen LogP contribution in [0.4, 0.5) is 0 Å². The third-order valence-corrected chi connectivity index (χ3v) is 3.55. The van der Waals surface area contributed by atoms with Crippen LogP contribution in [0.1, 0.15) is 65.2 Å². The van der Waals surface area contributed by atoms with Crippen LogP contribution in [0.2, 0.25) is 0 Å². The van der Waals surface area contributed by atoms with Gasteiger partial charge in [0.1, 0.15) is 6.04 Å². The van der Waals surface area contributed by atoms with Crippen molar-refractivity contribution in [3.63, 3.8) is 0 Å². The Bertz CT molecular complexity index is 385. The van der Waals surface area contributed by atoms with Gasteiger partial charge in [-0.25, -0.2) is 0 Å². The third-order valence-electron chi connectivity index (χ3n) is 3.55. The first-order valence-corrected chi connectivity index (χ1v) is 8.21. The van der Waals surface area contributed by atoms with Gasteiger partial charge in [-0.1, -0.05) is 46.0 Å². The average molecular weight is 330 g/mol. The Morgan fingerprint density at radius 3 is 2.04 bits per heavy atom. The number of nitrogens with two attached hydrogens (primary N) is 1. The van der Waals surface area contributed by atoms with E-state index in [0.717, 1.165) is 19.3 Å². The zero-order valence-corrected chi connectivity index (χ0v) is 14.1. The summed E-state index contributed by atoms with van der Waals surface area (Å²) in [6.07, 6.45) is 4.32. The molecule has 0 saturated carbocycles. The van der Waals surface area contributed by atoms with Gasteiger partial charge in [0.05, 0.1) is 18.9 Å². The maximum atomic E-state index is 11.7. The van der Waals surface area contributed by atoms with E-state index in [-0.39, 0.29) is 6.42 Å². The van der Waals surface area contributed by atoms with Crippen molar-refractivity contribution in [1.82, 2.24) is 5.32 Å². The molecule has 0 aliphatic rings. The van der Waals surface area contributed by atoms with Crippen LogP contribution in [-0.2, 0) is 14.4 Å². The number of aliphatic hydroxyl groups is 1. The summed E-state index contributed by atoms with van der Waals surface area (Å²) in [4.78, 5) is 33.3. The van der Waals surface area contributed by atoms with Crippen molar-refractivity contribution in [2.45, 2.75) is 77.4 Å². The number of carboxylic acids is 1. The lowest BCUT2D eigenvalue weighted by molar-refractivity contribution is -0.140. The fraction of sp³-hybridized carbons (Fsp3) is 0.812. The summed E-state index contributed by atoms with van der Waals surface area (Å²) < 4.78 is 0. The molecule has 0 saturated heterocycles. The molecule has 0 fully saturated rings. The maximum Gasteiger partial charge on any atom is 0.305 e. The van der Waals surface area contributed by atoms with Gasteiger partial charge in [0.15, 0.2) is 0 Å². The average Bonchev–Trinajstić information content (AvgIpc) is 2.40. The fourth-order valence-electron chi connectivity index (χ4n) is 2.25. The van der Waals surface area contributed by atoms with E-state index >= 15 is 0 Å². The van der Waals surface area contributed by atoms with Crippen molar-refractivity contribution in [1.29, 1.82) is 0 Å². The molecule has 5 N–H and O–H groups in total. The SMILES string of the molecule is CC(C)CCCCCCC(O)CC(=O)NC(CC(=O)O)C(N)=O. The van der Waals surface area contributed by atoms with Crippen molar-refractivity contribution in [3.05, 3.63) is 0 Å². The largest absolute Gasteiger partial charge is 0.481 e. The molecule has 0 aliphatic heterocycles. The lowest BCUT2D eigenvalue weighted by atomic mass is 10.0. The molecule has 0 heterocycles. The summed E-state index contributed by atoms with van der Waals surface area (Å²) in [5.41, 5.74) is 5.03. The summed E-state index contributed by atoms with van der Waals surface area (Å²) >= 11 is 0. The van der Waals surface area contributed by atoms with Gasteiger partial charge in [0.25, 0.3) is 0 Å². The Labute approximate surface area is 137 Å². The van der Waals surface area contributed by atoms with Gasteiger partial charge in [0.2, 0.25) is 11.8 Å². The number of carboxylic acid groups (broad SMARTS) is 1. The third kappa shape index (κ3) is 12.6. The monoisotopic (exact) mass is 330 g/mol. The van der Waals surface area contributed by atoms with E-state index in [1.807, 2.05) is 0 Å². The summed E-state index contributed by atoms with van der Waals surface area (Å²) in [6, 6.07) is -1.25. The number of carbonyl (C=O) groups is 3. The molecule has 2 atom stereocenters. The smallest absolute Gasteiger partial charge is 0.305 e. The molecular weight excluding hydrogens is 300 g/mol. The number of primary amides is 1. The quantitative estimate of drug-likeness (QED) is 0.377. The first kappa shape index (κ1) is 21.4. The van der Waals surface area contributed by atoms with Crippen molar-refractivity contribution < 1.29 is 24.6 Å². The molecule has 0 spiro atoms. The van der Waals surface area contributed by atoms with Crippen LogP contribution < -0.4 is 11.1 Å². The van der Waals surface area contributed by atoms with Crippen molar-refractivity contribution in [2.75, 3.05) is 0 Å². The Balaban J connectivity index is 3.91. The van der Waals surface area contributed by atoms with Crippen LogP contribution in [0.25, 0.3) is 0 Å². The minimum absolute atomic E-state index is 0.157. The molecule has 0 bridgehead atoms. The first-order valence-electron chi connectivity index (χ1n) is 8.21. The highest BCUT2D eigenvalue weighted by Crippen LogP contribution is 2.12. The molecule has 0 aromatic heterocycles. The van der Waals surface area contributed by atoms with E-state index in [9.17, 15) is 19.5 Å². The zero-order valence-electron chi connectivity index (χ0n) is 14.1. The number of hydrogen-bond acceptors (Lipinski definition) is 4. The minimum atomic E-state index is -1.25. The van der Waals surface area contributed by atoms with Crippen LogP contribution >= 0.6 is 0 Å². The van der Waals surface area contributed by atoms with Crippen molar-refractivity contribution >= 4 is 17.8 Å². The number of carbonyl (C=O) groups excluding carboxylic acids is 2. The van der Waals surface area contributed by atoms with Crippen molar-refractivity contribution in [2.24, 2.45) is 11.7 Å². The van der Waals surface area contributed by atoms with E-state index in [0.29, 0.717) is 12.3 Å². The van der Waals surface area contributed by atoms with E-state index in [4.69, 9.17) is 10.8 Å². The van der Waals surface area contributed by atoms with Gasteiger partial charge in [-0.2, -0.15) is 0 Å². The Morgan fingerprint density at radius 1 is 1.00 bits per heavy atom. The number of aliphatic hydroxyl groups excluding tert-OH is 1. The number of rotatable bonds is 13. The second kappa shape index (κ2) is 11.9. The molecule has 0 rings (SSSR count). The fourth-order valence-corrected chi connectivity index (χ4v) is 2.25. The molecule has 0 aliphatic carbocycles. The van der Waals surface area contributed by atoms with E-state index in [1.54, 1.807) is 0 Å². The number of aliphatic carboxylic acids is 1. The number of unbranched alkanes of at least 4 members (excludes halogenated alkanes) is 3. The first-order chi connectivity index (χ1) is 10.7. The molecular formula is C16H30N2O5. The van der Waals surface area contributed by atoms with Crippen LogP contribution in [0.3, 0.4) is 0 Å². The summed E-state index contributed by atoms with van der Waals surface area (Å²) in [5, 5.41) is 20.7. The molecule has 2 amide bonds. The van der Waals surface area contributed by atoms with Crippen LogP contribution in [0.5, 0.6) is 0 Å². The maximum absolute atomic E-state index is 11.7. The molecule has 0 aromatic rings. The molecule has 0 radical (unpaired) electrons. The summed E-state index contributed by atoms with van der Waals surface area (Å²) in [7, 11) is 0. The van der Waals surface area contributed by atoms with E-state index in [1.165, 1.54) is 12.8 Å². The van der Waals surface area contributed by atoms with E-state index < -0.39 is 36.4 Å². The van der Waals surface area contributed by atoms with Gasteiger partial charge < -0.3 is 21.3 Å². The molecule has 23 heavy (non-hydrogen) atoms. The predicted molar refractivity (Wildman–Crippen MR) is 86.5 cm³/mol. The lowest BCUT2D eigenvalue weighted by Crippen LogP contribution is -2.46. The van der Waals surface area contributed by atoms with Crippen LogP contribution in [-0.4, -0.2) is 40.1 Å². The highest BCUT2D eigenvalue weighted by molar-refractivity contribution is 5.89. The van der Waals surface area contributed by atoms with Gasteiger partial charge in [-0.3, -0.25) is 14.4 Å². The number of amides is 2. The van der Waals surface area contributed by atoms with Gasteiger partial charge >= 0.3 is 5.97 Å². The van der Waals surface area contributed by atoms with Gasteiger partial charge in [-0.05, 0) is 12.3 Å². The van der Waals surface area contributed by atoms with Crippen LogP contribution in [0, 0.1) is 5.92 Å². The second-order valence-electron chi connectivity index (χ2n) is 6.36. The molecule has 2 unspecified atom stereocenters. The standard InChI is InChI=1S/C16H30N2O5/c1-11(2)7-5-3-4-6-8-12(19)9-14(20)18-13(16(17)23)10-15(21)22/h11-13,19H,3-10H2,1-2H3,(H2,17,23)(H,18,20)(H,21,22). The topological polar surface area (TPSA) is 130 Å². The minimum Gasteiger partial charge on any atom is -0.481 e. The van der Waals surface area contributed by atoms with Crippen LogP contribution in [0.15, 0.2) is 0 Å².